The molecule has 2 bridgehead atoms. The Morgan fingerprint density at radius 2 is 2.08 bits per heavy atom. The van der Waals surface area contributed by atoms with Gasteiger partial charge in [-0.25, -0.2) is 0 Å². The summed E-state index contributed by atoms with van der Waals surface area (Å²) < 4.78 is 0. The molecule has 3 unspecified atom stereocenters. The molecule has 2 saturated heterocycles. The van der Waals surface area contributed by atoms with Crippen LogP contribution >= 0.6 is 7.92 Å². The summed E-state index contributed by atoms with van der Waals surface area (Å²) in [7, 11) is 0.392. The summed E-state index contributed by atoms with van der Waals surface area (Å²) in [5.41, 5.74) is 1.05. The zero-order chi connectivity index (χ0) is 9.10. The molecule has 0 radical (unpaired) electrons. The Morgan fingerprint density at radius 1 is 1.15 bits per heavy atom. The van der Waals surface area contributed by atoms with Crippen LogP contribution in [0.25, 0.3) is 0 Å². The minimum absolute atomic E-state index is 0.392. The summed E-state index contributed by atoms with van der Waals surface area (Å²) >= 11 is 0. The summed E-state index contributed by atoms with van der Waals surface area (Å²) in [6, 6.07) is 0. The molecule has 0 spiro atoms. The predicted octanol–water partition coefficient (Wildman–Crippen LogP) is 2.81. The van der Waals surface area contributed by atoms with Gasteiger partial charge in [0.25, 0.3) is 0 Å². The first-order chi connectivity index (χ1) is 6.42. The summed E-state index contributed by atoms with van der Waals surface area (Å²) in [4.78, 5) is 0. The van der Waals surface area contributed by atoms with Gasteiger partial charge >= 0.3 is 0 Å². The van der Waals surface area contributed by atoms with E-state index in [0.29, 0.717) is 14.5 Å². The smallest absolute Gasteiger partial charge is 0.0431 e. The topological polar surface area (TPSA) is 20.2 Å². The van der Waals surface area contributed by atoms with Gasteiger partial charge in [-0.3, -0.25) is 0 Å². The van der Waals surface area contributed by atoms with E-state index in [2.05, 4.69) is 0 Å². The van der Waals surface area contributed by atoms with Crippen LogP contribution in [0.15, 0.2) is 0 Å². The van der Waals surface area contributed by atoms with Gasteiger partial charge in [-0.05, 0) is 56.0 Å². The van der Waals surface area contributed by atoms with Crippen molar-refractivity contribution in [2.45, 2.75) is 44.2 Å². The summed E-state index contributed by atoms with van der Waals surface area (Å²) in [6.07, 6.45) is 11.5. The maximum absolute atomic E-state index is 8.87. The van der Waals surface area contributed by atoms with Gasteiger partial charge in [0.05, 0.1) is 0 Å². The molecule has 0 amide bonds. The Morgan fingerprint density at radius 3 is 2.92 bits per heavy atom. The highest BCUT2D eigenvalue weighted by Gasteiger charge is 2.35. The molecule has 3 atom stereocenters. The molecule has 13 heavy (non-hydrogen) atoms. The fourth-order valence-electron chi connectivity index (χ4n) is 3.04. The number of aliphatic hydroxyl groups is 1. The van der Waals surface area contributed by atoms with Crippen LogP contribution in [0.4, 0.5) is 0 Å². The molecule has 0 aromatic heterocycles. The molecule has 76 valence electrons. The van der Waals surface area contributed by atoms with Gasteiger partial charge in [-0.1, -0.05) is 6.42 Å². The first kappa shape index (κ1) is 9.93. The summed E-state index contributed by atoms with van der Waals surface area (Å²) in [5, 5.41) is 8.87. The third kappa shape index (κ3) is 2.25. The van der Waals surface area contributed by atoms with Crippen molar-refractivity contribution in [3.63, 3.8) is 0 Å². The summed E-state index contributed by atoms with van der Waals surface area (Å²) in [6.45, 7) is 0.409. The van der Waals surface area contributed by atoms with Crippen molar-refractivity contribution in [2.24, 2.45) is 5.92 Å². The molecular formula is C11H21OP. The van der Waals surface area contributed by atoms with Crippen molar-refractivity contribution in [2.75, 3.05) is 18.9 Å². The number of hydrogen-bond donors (Lipinski definition) is 1. The van der Waals surface area contributed by atoms with Gasteiger partial charge in [0.1, 0.15) is 0 Å². The highest BCUT2D eigenvalue weighted by molar-refractivity contribution is 7.58. The molecule has 2 heterocycles. The third-order valence-electron chi connectivity index (χ3n) is 3.73. The molecule has 2 rings (SSSR count). The van der Waals surface area contributed by atoms with E-state index in [4.69, 9.17) is 5.11 Å². The van der Waals surface area contributed by atoms with E-state index < -0.39 is 0 Å². The Labute approximate surface area is 82.7 Å². The van der Waals surface area contributed by atoms with Crippen molar-refractivity contribution in [3.05, 3.63) is 0 Å². The van der Waals surface area contributed by atoms with Gasteiger partial charge in [-0.15, -0.1) is 7.92 Å². The SMILES string of the molecule is OCCCC1C2CCCCP1CC2. The lowest BCUT2D eigenvalue weighted by Gasteiger charge is -2.21. The number of rotatable bonds is 3. The van der Waals surface area contributed by atoms with E-state index in [-0.39, 0.29) is 0 Å². The molecule has 0 aliphatic carbocycles. The van der Waals surface area contributed by atoms with Gasteiger partial charge < -0.3 is 5.11 Å². The molecule has 2 aliphatic rings. The fraction of sp³-hybridized carbons (Fsp3) is 1.00. The highest BCUT2D eigenvalue weighted by Crippen LogP contribution is 2.57. The lowest BCUT2D eigenvalue weighted by Crippen LogP contribution is -2.12. The van der Waals surface area contributed by atoms with Crippen LogP contribution in [0.3, 0.4) is 0 Å². The van der Waals surface area contributed by atoms with Crippen LogP contribution in [-0.4, -0.2) is 29.7 Å². The summed E-state index contributed by atoms with van der Waals surface area (Å²) in [5.74, 6) is 1.06. The van der Waals surface area contributed by atoms with E-state index >= 15 is 0 Å². The van der Waals surface area contributed by atoms with Crippen LogP contribution in [0.2, 0.25) is 0 Å². The third-order valence-corrected chi connectivity index (χ3v) is 7.07. The van der Waals surface area contributed by atoms with E-state index in [1.165, 1.54) is 32.1 Å². The Balaban J connectivity index is 1.91. The first-order valence-corrected chi connectivity index (χ1v) is 7.55. The monoisotopic (exact) mass is 200 g/mol. The van der Waals surface area contributed by atoms with Crippen molar-refractivity contribution in [1.82, 2.24) is 0 Å². The van der Waals surface area contributed by atoms with E-state index in [0.717, 1.165) is 18.0 Å². The molecule has 2 aliphatic heterocycles. The lowest BCUT2D eigenvalue weighted by molar-refractivity contribution is 0.278. The van der Waals surface area contributed by atoms with E-state index in [1.54, 1.807) is 12.3 Å². The van der Waals surface area contributed by atoms with E-state index in [9.17, 15) is 0 Å². The highest BCUT2D eigenvalue weighted by atomic mass is 31.1. The molecule has 0 aromatic rings. The molecular weight excluding hydrogens is 179 g/mol. The molecule has 2 heteroatoms. The molecule has 2 fully saturated rings. The maximum Gasteiger partial charge on any atom is 0.0431 e. The Kier molecular flexibility index (Phi) is 3.63. The van der Waals surface area contributed by atoms with Crippen LogP contribution in [-0.2, 0) is 0 Å². The van der Waals surface area contributed by atoms with Crippen LogP contribution in [0, 0.1) is 5.92 Å². The maximum atomic E-state index is 8.87. The second-order valence-electron chi connectivity index (χ2n) is 4.51. The average Bonchev–Trinajstić information content (AvgIpc) is 2.36. The number of hydrogen-bond acceptors (Lipinski definition) is 1. The second kappa shape index (κ2) is 4.75. The lowest BCUT2D eigenvalue weighted by atomic mass is 9.94. The molecule has 1 nitrogen and oxygen atoms in total. The van der Waals surface area contributed by atoms with Crippen LogP contribution in [0.5, 0.6) is 0 Å². The van der Waals surface area contributed by atoms with E-state index in [1.807, 2.05) is 0 Å². The minimum atomic E-state index is 0.392. The van der Waals surface area contributed by atoms with Gasteiger partial charge in [-0.2, -0.15) is 0 Å². The van der Waals surface area contributed by atoms with Gasteiger partial charge in [0.2, 0.25) is 0 Å². The normalized spacial score (nSPS) is 39.0. The number of fused-ring (bicyclic) bond motifs is 2. The fourth-order valence-corrected chi connectivity index (χ4v) is 6.66. The minimum Gasteiger partial charge on any atom is -0.396 e. The number of aliphatic hydroxyl groups excluding tert-OH is 1. The largest absolute Gasteiger partial charge is 0.396 e. The molecule has 1 N–H and O–H groups in total. The van der Waals surface area contributed by atoms with Crippen LogP contribution < -0.4 is 0 Å². The van der Waals surface area contributed by atoms with Crippen molar-refractivity contribution >= 4 is 7.92 Å². The Hall–Kier alpha value is 0.390. The molecule has 0 aromatic carbocycles. The van der Waals surface area contributed by atoms with Crippen molar-refractivity contribution in [1.29, 1.82) is 0 Å². The first-order valence-electron chi connectivity index (χ1n) is 5.76. The second-order valence-corrected chi connectivity index (χ2v) is 7.25. The zero-order valence-corrected chi connectivity index (χ0v) is 9.31. The van der Waals surface area contributed by atoms with Crippen molar-refractivity contribution < 1.29 is 5.11 Å². The average molecular weight is 200 g/mol. The van der Waals surface area contributed by atoms with Gasteiger partial charge in [0, 0.05) is 6.61 Å². The Bertz CT molecular complexity index is 146. The molecule has 0 saturated carbocycles. The van der Waals surface area contributed by atoms with Crippen LogP contribution in [0.1, 0.15) is 38.5 Å². The predicted molar refractivity (Wildman–Crippen MR) is 58.7 cm³/mol. The van der Waals surface area contributed by atoms with Gasteiger partial charge in [0.15, 0.2) is 0 Å². The standard InChI is InChI=1S/C11H21OP/c12-7-3-5-11-10-4-1-2-8-13(11)9-6-10/h10-12H,1-9H2. The quantitative estimate of drug-likeness (QED) is 0.694. The van der Waals surface area contributed by atoms with Crippen molar-refractivity contribution in [3.8, 4) is 0 Å². The zero-order valence-electron chi connectivity index (χ0n) is 8.41.